The van der Waals surface area contributed by atoms with Gasteiger partial charge in [0.2, 0.25) is 0 Å². The van der Waals surface area contributed by atoms with Crippen molar-refractivity contribution in [3.63, 3.8) is 0 Å². The molecule has 0 spiro atoms. The Labute approximate surface area is 121 Å². The van der Waals surface area contributed by atoms with E-state index in [1.54, 1.807) is 25.1 Å². The van der Waals surface area contributed by atoms with Crippen LogP contribution in [-0.4, -0.2) is 28.3 Å². The third-order valence-electron chi connectivity index (χ3n) is 2.79. The molecule has 110 valence electrons. The average molecular weight is 288 g/mol. The highest BCUT2D eigenvalue weighted by molar-refractivity contribution is 5.92. The normalized spacial score (nSPS) is 10.0. The number of carbonyl (C=O) groups excluding carboxylic acids is 1. The number of H-pyrrole nitrogens is 1. The Bertz CT molecular complexity index is 679. The fourth-order valence-electron chi connectivity index (χ4n) is 1.67. The van der Waals surface area contributed by atoms with Crippen molar-refractivity contribution < 1.29 is 14.6 Å². The fourth-order valence-corrected chi connectivity index (χ4v) is 1.67. The van der Waals surface area contributed by atoms with Crippen LogP contribution in [0.15, 0.2) is 30.8 Å². The molecule has 4 N–H and O–H groups in total. The Morgan fingerprint density at radius 3 is 2.76 bits per heavy atom. The average Bonchev–Trinajstić information content (AvgIpc) is 2.91. The second-order valence-electron chi connectivity index (χ2n) is 4.38. The largest absolute Gasteiger partial charge is 0.504 e. The predicted molar refractivity (Wildman–Crippen MR) is 77.6 cm³/mol. The van der Waals surface area contributed by atoms with Gasteiger partial charge in [-0.1, -0.05) is 6.58 Å². The molecular weight excluding hydrogens is 272 g/mol. The van der Waals surface area contributed by atoms with Crippen LogP contribution < -0.4 is 15.6 Å². The summed E-state index contributed by atoms with van der Waals surface area (Å²) in [6.45, 7) is 5.61. The van der Waals surface area contributed by atoms with Crippen LogP contribution in [0.3, 0.4) is 0 Å². The van der Waals surface area contributed by atoms with E-state index in [-0.39, 0.29) is 17.4 Å². The lowest BCUT2D eigenvalue weighted by Crippen LogP contribution is -2.36. The molecule has 0 bridgehead atoms. The van der Waals surface area contributed by atoms with E-state index >= 15 is 0 Å². The van der Waals surface area contributed by atoms with Crippen molar-refractivity contribution >= 4 is 11.6 Å². The van der Waals surface area contributed by atoms with Crippen LogP contribution in [0, 0.1) is 6.92 Å². The molecule has 0 aliphatic rings. The number of amides is 1. The van der Waals surface area contributed by atoms with E-state index in [9.17, 15) is 9.90 Å². The molecule has 0 saturated carbocycles. The molecule has 7 heteroatoms. The van der Waals surface area contributed by atoms with Gasteiger partial charge >= 0.3 is 0 Å². The zero-order valence-corrected chi connectivity index (χ0v) is 11.7. The summed E-state index contributed by atoms with van der Waals surface area (Å²) in [6, 6.07) is 6.37. The van der Waals surface area contributed by atoms with Crippen molar-refractivity contribution in [1.82, 2.24) is 21.0 Å². The third-order valence-corrected chi connectivity index (χ3v) is 2.79. The minimum Gasteiger partial charge on any atom is -0.504 e. The molecule has 2 aromatic rings. The van der Waals surface area contributed by atoms with Crippen molar-refractivity contribution in [1.29, 1.82) is 0 Å². The van der Waals surface area contributed by atoms with Crippen molar-refractivity contribution in [3.8, 4) is 11.5 Å². The first-order valence-corrected chi connectivity index (χ1v) is 6.16. The van der Waals surface area contributed by atoms with Crippen LogP contribution in [0.5, 0.6) is 11.5 Å². The maximum atomic E-state index is 11.8. The highest BCUT2D eigenvalue weighted by Crippen LogP contribution is 2.27. The van der Waals surface area contributed by atoms with Crippen molar-refractivity contribution in [2.45, 2.75) is 6.92 Å². The number of benzene rings is 1. The first-order valence-electron chi connectivity index (χ1n) is 6.16. The van der Waals surface area contributed by atoms with Crippen LogP contribution in [0.4, 0.5) is 0 Å². The lowest BCUT2D eigenvalue weighted by molar-refractivity contribution is 0.0937. The zero-order chi connectivity index (χ0) is 15.4. The summed E-state index contributed by atoms with van der Waals surface area (Å²) in [5.74, 6) is -0.0268. The maximum absolute atomic E-state index is 11.8. The molecule has 0 aliphatic heterocycles. The lowest BCUT2D eigenvalue weighted by atomic mass is 10.1. The number of hydrogen-bond acceptors (Lipinski definition) is 5. The number of carbonyl (C=O) groups is 1. The molecule has 1 heterocycles. The van der Waals surface area contributed by atoms with E-state index < -0.39 is 0 Å². The quantitative estimate of drug-likeness (QED) is 0.622. The zero-order valence-electron chi connectivity index (χ0n) is 11.7. The van der Waals surface area contributed by atoms with Crippen LogP contribution in [0.1, 0.15) is 21.7 Å². The minimum atomic E-state index is -0.383. The summed E-state index contributed by atoms with van der Waals surface area (Å²) < 4.78 is 5.01. The van der Waals surface area contributed by atoms with E-state index in [1.165, 1.54) is 13.2 Å². The van der Waals surface area contributed by atoms with Gasteiger partial charge in [0.05, 0.1) is 12.8 Å². The van der Waals surface area contributed by atoms with Crippen LogP contribution in [0.2, 0.25) is 0 Å². The van der Waals surface area contributed by atoms with Gasteiger partial charge in [-0.25, -0.2) is 0 Å². The molecule has 1 amide bonds. The molecule has 21 heavy (non-hydrogen) atoms. The Morgan fingerprint density at radius 1 is 1.38 bits per heavy atom. The molecule has 1 aromatic heterocycles. The summed E-state index contributed by atoms with van der Waals surface area (Å²) in [7, 11) is 1.46. The minimum absolute atomic E-state index is 0.0325. The summed E-state index contributed by atoms with van der Waals surface area (Å²) in [5, 5.41) is 16.1. The summed E-state index contributed by atoms with van der Waals surface area (Å²) in [5.41, 5.74) is 7.37. The van der Waals surface area contributed by atoms with Gasteiger partial charge in [-0.2, -0.15) is 5.10 Å². The van der Waals surface area contributed by atoms with E-state index in [0.717, 1.165) is 5.69 Å². The van der Waals surface area contributed by atoms with Crippen molar-refractivity contribution in [3.05, 3.63) is 47.8 Å². The van der Waals surface area contributed by atoms with Gasteiger partial charge in [-0.3, -0.25) is 20.7 Å². The molecule has 2 rings (SSSR count). The van der Waals surface area contributed by atoms with Crippen molar-refractivity contribution in [2.24, 2.45) is 0 Å². The van der Waals surface area contributed by atoms with Gasteiger partial charge in [0.1, 0.15) is 0 Å². The molecule has 0 unspecified atom stereocenters. The second-order valence-corrected chi connectivity index (χ2v) is 4.38. The highest BCUT2D eigenvalue weighted by Gasteiger charge is 2.10. The number of aromatic nitrogens is 2. The highest BCUT2D eigenvalue weighted by atomic mass is 16.5. The molecule has 7 nitrogen and oxygen atoms in total. The number of aromatic amines is 1. The molecule has 0 aliphatic carbocycles. The number of nitrogens with zero attached hydrogens (tertiary/aromatic N) is 1. The number of hydrazine groups is 1. The topological polar surface area (TPSA) is 99.3 Å². The Balaban J connectivity index is 2.00. The number of rotatable bonds is 5. The van der Waals surface area contributed by atoms with E-state index in [2.05, 4.69) is 27.6 Å². The van der Waals surface area contributed by atoms with Crippen LogP contribution >= 0.6 is 0 Å². The number of hydrogen-bond donors (Lipinski definition) is 4. The van der Waals surface area contributed by atoms with E-state index in [1.807, 2.05) is 0 Å². The third kappa shape index (κ3) is 3.33. The Hall–Kier alpha value is -2.96. The molecule has 0 fully saturated rings. The first-order chi connectivity index (χ1) is 10.0. The number of ether oxygens (including phenoxy) is 1. The molecule has 0 radical (unpaired) electrons. The number of phenols is 1. The SMILES string of the molecule is C=C(NNC(=O)c1cc(C)[nH]n1)c1ccc(O)c(OC)c1. The smallest absolute Gasteiger partial charge is 0.290 e. The van der Waals surface area contributed by atoms with E-state index in [0.29, 0.717) is 17.0 Å². The van der Waals surface area contributed by atoms with Gasteiger partial charge in [-0.15, -0.1) is 0 Å². The number of aromatic hydroxyl groups is 1. The lowest BCUT2D eigenvalue weighted by Gasteiger charge is -2.12. The number of aryl methyl sites for hydroxylation is 1. The second kappa shape index (κ2) is 6.00. The summed E-state index contributed by atoms with van der Waals surface area (Å²) >= 11 is 0. The van der Waals surface area contributed by atoms with Crippen LogP contribution in [-0.2, 0) is 0 Å². The Kier molecular flexibility index (Phi) is 4.13. The van der Waals surface area contributed by atoms with Gasteiger partial charge in [0.15, 0.2) is 17.2 Å². The number of methoxy groups -OCH3 is 1. The van der Waals surface area contributed by atoms with Gasteiger partial charge < -0.3 is 9.84 Å². The molecule has 1 aromatic carbocycles. The monoisotopic (exact) mass is 288 g/mol. The summed E-state index contributed by atoms with van der Waals surface area (Å²) in [6.07, 6.45) is 0. The summed E-state index contributed by atoms with van der Waals surface area (Å²) in [4.78, 5) is 11.8. The van der Waals surface area contributed by atoms with Crippen LogP contribution in [0.25, 0.3) is 5.70 Å². The molecule has 0 atom stereocenters. The molecular formula is C14H16N4O3. The van der Waals surface area contributed by atoms with Crippen molar-refractivity contribution in [2.75, 3.05) is 7.11 Å². The fraction of sp³-hybridized carbons (Fsp3) is 0.143. The van der Waals surface area contributed by atoms with Gasteiger partial charge in [-0.05, 0) is 31.2 Å². The number of phenolic OH excluding ortho intramolecular Hbond substituents is 1. The van der Waals surface area contributed by atoms with E-state index in [4.69, 9.17) is 4.74 Å². The standard InChI is InChI=1S/C14H16N4O3/c1-8-6-11(17-15-8)14(20)18-16-9(2)10-4-5-12(19)13(7-10)21-3/h4-7,16,19H,2H2,1,3H3,(H,15,17)(H,18,20). The maximum Gasteiger partial charge on any atom is 0.290 e. The van der Waals surface area contributed by atoms with Gasteiger partial charge in [0.25, 0.3) is 5.91 Å². The van der Waals surface area contributed by atoms with Gasteiger partial charge in [0, 0.05) is 11.3 Å². The molecule has 0 saturated heterocycles. The Morgan fingerprint density at radius 2 is 2.14 bits per heavy atom. The number of nitrogens with one attached hydrogen (secondary N) is 3. The first kappa shape index (κ1) is 14.4. The predicted octanol–water partition coefficient (Wildman–Crippen LogP) is 1.34.